The molecule has 6 heteroatoms. The third-order valence-electron chi connectivity index (χ3n) is 7.18. The van der Waals surface area contributed by atoms with Crippen LogP contribution < -0.4 is 0 Å². The number of fused-ring (bicyclic) bond motifs is 2. The molecular formula is C19H22O6. The minimum atomic E-state index is -0.515. The summed E-state index contributed by atoms with van der Waals surface area (Å²) in [7, 11) is 0. The minimum absolute atomic E-state index is 0.0821. The van der Waals surface area contributed by atoms with Gasteiger partial charge < -0.3 is 19.0 Å². The van der Waals surface area contributed by atoms with Crippen LogP contribution in [0.25, 0.3) is 0 Å². The van der Waals surface area contributed by atoms with Crippen molar-refractivity contribution in [3.63, 3.8) is 0 Å². The maximum absolute atomic E-state index is 12.8. The number of rotatable bonds is 1. The summed E-state index contributed by atoms with van der Waals surface area (Å²) in [5.41, 5.74) is 0.549. The van der Waals surface area contributed by atoms with E-state index in [2.05, 4.69) is 6.92 Å². The second-order valence-corrected chi connectivity index (χ2v) is 8.37. The zero-order chi connectivity index (χ0) is 17.3. The summed E-state index contributed by atoms with van der Waals surface area (Å²) in [5, 5.41) is 10.4. The van der Waals surface area contributed by atoms with Crippen LogP contribution in [0.2, 0.25) is 0 Å². The van der Waals surface area contributed by atoms with Crippen LogP contribution in [0.5, 0.6) is 0 Å². The first-order chi connectivity index (χ1) is 12.0. The Balaban J connectivity index is 1.55. The fourth-order valence-corrected chi connectivity index (χ4v) is 6.00. The van der Waals surface area contributed by atoms with Crippen LogP contribution in [0.4, 0.5) is 0 Å². The van der Waals surface area contributed by atoms with Gasteiger partial charge in [-0.3, -0.25) is 9.59 Å². The molecule has 0 amide bonds. The topological polar surface area (TPSA) is 86.0 Å². The van der Waals surface area contributed by atoms with Crippen molar-refractivity contribution in [1.82, 2.24) is 0 Å². The quantitative estimate of drug-likeness (QED) is 0.785. The highest BCUT2D eigenvalue weighted by Crippen LogP contribution is 2.63. The van der Waals surface area contributed by atoms with Gasteiger partial charge in [0.05, 0.1) is 30.5 Å². The third-order valence-corrected chi connectivity index (χ3v) is 7.18. The first kappa shape index (κ1) is 15.4. The summed E-state index contributed by atoms with van der Waals surface area (Å²) < 4.78 is 16.5. The van der Waals surface area contributed by atoms with E-state index in [9.17, 15) is 14.7 Å². The van der Waals surface area contributed by atoms with Gasteiger partial charge in [0.15, 0.2) is 0 Å². The van der Waals surface area contributed by atoms with Gasteiger partial charge in [-0.15, -0.1) is 0 Å². The van der Waals surface area contributed by atoms with Crippen molar-refractivity contribution >= 4 is 11.9 Å². The summed E-state index contributed by atoms with van der Waals surface area (Å²) in [6, 6.07) is 1.83. The molecule has 0 spiro atoms. The Morgan fingerprint density at radius 2 is 2.00 bits per heavy atom. The van der Waals surface area contributed by atoms with Crippen LogP contribution >= 0.6 is 0 Å². The third kappa shape index (κ3) is 2.06. The molecule has 1 aromatic rings. The largest absolute Gasteiger partial charge is 0.472 e. The van der Waals surface area contributed by atoms with Gasteiger partial charge in [0, 0.05) is 11.5 Å². The molecule has 8 atom stereocenters. The standard InChI is InChI=1S/C19H22O6/c1-19-7-15(9-2-3-23-8-9)25-18(22)13(19)6-14-16-11(17(21)24-14)4-10(20)5-12(16)19/h2-3,8,10-16,20H,4-7H2,1H3/t10?,11-,12-,13-,14+,15?,16+,19-/m0/s1. The van der Waals surface area contributed by atoms with Crippen molar-refractivity contribution < 1.29 is 28.6 Å². The van der Waals surface area contributed by atoms with Crippen LogP contribution in [0.1, 0.15) is 44.3 Å². The Labute approximate surface area is 145 Å². The van der Waals surface area contributed by atoms with Gasteiger partial charge in [-0.05, 0) is 43.1 Å². The zero-order valence-corrected chi connectivity index (χ0v) is 14.1. The maximum atomic E-state index is 12.8. The zero-order valence-electron chi connectivity index (χ0n) is 14.1. The molecule has 4 fully saturated rings. The van der Waals surface area contributed by atoms with Gasteiger partial charge in [-0.25, -0.2) is 0 Å². The van der Waals surface area contributed by atoms with E-state index in [0.717, 1.165) is 5.56 Å². The van der Waals surface area contributed by atoms with Crippen LogP contribution in [-0.2, 0) is 19.1 Å². The molecule has 2 unspecified atom stereocenters. The normalized spacial score (nSPS) is 48.3. The monoisotopic (exact) mass is 346 g/mol. The van der Waals surface area contributed by atoms with Crippen molar-refractivity contribution in [2.24, 2.45) is 29.1 Å². The van der Waals surface area contributed by atoms with E-state index < -0.39 is 6.10 Å². The Morgan fingerprint density at radius 3 is 2.76 bits per heavy atom. The Kier molecular flexibility index (Phi) is 3.15. The summed E-state index contributed by atoms with van der Waals surface area (Å²) in [5.74, 6) is -0.772. The molecule has 4 aliphatic rings. The van der Waals surface area contributed by atoms with Crippen LogP contribution in [0, 0.1) is 29.1 Å². The van der Waals surface area contributed by atoms with E-state index in [4.69, 9.17) is 13.9 Å². The van der Waals surface area contributed by atoms with Gasteiger partial charge >= 0.3 is 11.9 Å². The van der Waals surface area contributed by atoms with E-state index >= 15 is 0 Å². The van der Waals surface area contributed by atoms with E-state index in [1.807, 2.05) is 6.07 Å². The molecule has 2 aliphatic heterocycles. The second-order valence-electron chi connectivity index (χ2n) is 8.37. The van der Waals surface area contributed by atoms with Crippen LogP contribution in [0.3, 0.4) is 0 Å². The number of hydrogen-bond donors (Lipinski definition) is 1. The smallest absolute Gasteiger partial charge is 0.310 e. The van der Waals surface area contributed by atoms with Crippen LogP contribution in [-0.4, -0.2) is 29.3 Å². The number of cyclic esters (lactones) is 1. The molecule has 2 saturated heterocycles. The summed E-state index contributed by atoms with van der Waals surface area (Å²) in [4.78, 5) is 25.1. The average Bonchev–Trinajstić information content (AvgIpc) is 3.19. The van der Waals surface area contributed by atoms with Crippen molar-refractivity contribution in [3.8, 4) is 0 Å². The first-order valence-electron chi connectivity index (χ1n) is 9.08. The molecule has 5 rings (SSSR count). The molecule has 25 heavy (non-hydrogen) atoms. The molecule has 0 aromatic carbocycles. The lowest BCUT2D eigenvalue weighted by Gasteiger charge is -2.56. The predicted octanol–water partition coefficient (Wildman–Crippen LogP) is 2.22. The number of carbonyl (C=O) groups is 2. The maximum Gasteiger partial charge on any atom is 0.310 e. The molecule has 1 aromatic heterocycles. The highest BCUT2D eigenvalue weighted by Gasteiger charge is 2.65. The molecule has 3 heterocycles. The highest BCUT2D eigenvalue weighted by molar-refractivity contribution is 5.78. The number of aliphatic hydroxyl groups excluding tert-OH is 1. The van der Waals surface area contributed by atoms with Gasteiger partial charge in [-0.2, -0.15) is 0 Å². The first-order valence-corrected chi connectivity index (χ1v) is 9.08. The Morgan fingerprint density at radius 1 is 1.16 bits per heavy atom. The van der Waals surface area contributed by atoms with E-state index in [1.165, 1.54) is 0 Å². The molecule has 2 aliphatic carbocycles. The fourth-order valence-electron chi connectivity index (χ4n) is 6.00. The Hall–Kier alpha value is -1.82. The van der Waals surface area contributed by atoms with E-state index in [1.54, 1.807) is 12.5 Å². The molecular weight excluding hydrogens is 324 g/mol. The average molecular weight is 346 g/mol. The Bertz CT molecular complexity index is 712. The number of ether oxygens (including phenoxy) is 2. The van der Waals surface area contributed by atoms with Crippen molar-refractivity contribution in [2.75, 3.05) is 0 Å². The SMILES string of the molecule is C[C@@]12CC(c3ccoc3)OC(=O)[C@@H]1C[C@H]1OC(=O)[C@H]3CC(O)C[C@H]2[C@@H]31. The minimum Gasteiger partial charge on any atom is -0.472 e. The summed E-state index contributed by atoms with van der Waals surface area (Å²) >= 11 is 0. The number of carbonyl (C=O) groups excluding carboxylic acids is 2. The highest BCUT2D eigenvalue weighted by atomic mass is 16.6. The predicted molar refractivity (Wildman–Crippen MR) is 84.0 cm³/mol. The fraction of sp³-hybridized carbons (Fsp3) is 0.684. The van der Waals surface area contributed by atoms with Gasteiger partial charge in [0.25, 0.3) is 0 Å². The molecule has 0 bridgehead atoms. The lowest BCUT2D eigenvalue weighted by Crippen LogP contribution is -2.57. The van der Waals surface area contributed by atoms with Gasteiger partial charge in [0.1, 0.15) is 12.2 Å². The molecule has 1 N–H and O–H groups in total. The number of hydrogen-bond acceptors (Lipinski definition) is 6. The number of furan rings is 1. The molecule has 6 nitrogen and oxygen atoms in total. The van der Waals surface area contributed by atoms with Crippen molar-refractivity contribution in [2.45, 2.75) is 50.9 Å². The summed E-state index contributed by atoms with van der Waals surface area (Å²) in [6.45, 7) is 2.13. The molecule has 134 valence electrons. The van der Waals surface area contributed by atoms with E-state index in [0.29, 0.717) is 25.7 Å². The lowest BCUT2D eigenvalue weighted by atomic mass is 9.49. The van der Waals surface area contributed by atoms with Crippen molar-refractivity contribution in [3.05, 3.63) is 24.2 Å². The van der Waals surface area contributed by atoms with Crippen LogP contribution in [0.15, 0.2) is 23.0 Å². The van der Waals surface area contributed by atoms with Gasteiger partial charge in [0.2, 0.25) is 0 Å². The number of esters is 2. The number of aliphatic hydroxyl groups is 1. The second kappa shape index (κ2) is 5.10. The molecule has 2 saturated carbocycles. The molecule has 0 radical (unpaired) electrons. The van der Waals surface area contributed by atoms with Gasteiger partial charge in [-0.1, -0.05) is 6.92 Å². The summed E-state index contributed by atoms with van der Waals surface area (Å²) in [6.07, 6.45) is 4.45. The van der Waals surface area contributed by atoms with E-state index in [-0.39, 0.29) is 53.2 Å². The van der Waals surface area contributed by atoms with Crippen molar-refractivity contribution in [1.29, 1.82) is 0 Å². The lowest BCUT2D eigenvalue weighted by molar-refractivity contribution is -0.198.